The van der Waals surface area contributed by atoms with Gasteiger partial charge in [0.05, 0.1) is 0 Å². The fraction of sp³-hybridized carbons (Fsp3) is 0.280. The lowest BCUT2D eigenvalue weighted by atomic mass is 10.4. The number of methoxy groups -OCH3 is 4. The van der Waals surface area contributed by atoms with Gasteiger partial charge in [-0.25, -0.2) is 0 Å². The van der Waals surface area contributed by atoms with E-state index in [2.05, 4.69) is 154 Å². The van der Waals surface area contributed by atoms with E-state index in [-0.39, 0.29) is 15.8 Å². The minimum Gasteiger partial charge on any atom is -0.388 e. The zero-order valence-corrected chi connectivity index (χ0v) is 38.8. The van der Waals surface area contributed by atoms with Gasteiger partial charge in [0.25, 0.3) is 0 Å². The molecule has 6 aromatic carbocycles. The SMILES string of the molecule is CC.CC.COC.COC.COC.COC.CP(c1ccccc1)c1ccccc1.CP(c1ccccc1)c1ccccc1.c1ccccc1.c1ccccc1. The number of benzene rings is 6. The summed E-state index contributed by atoms with van der Waals surface area (Å²) in [5.41, 5.74) is 0. The van der Waals surface area contributed by atoms with Crippen LogP contribution in [0.2, 0.25) is 0 Å². The molecule has 0 aromatic heterocycles. The zero-order valence-electron chi connectivity index (χ0n) is 37.0. The first kappa shape index (κ1) is 58.7. The van der Waals surface area contributed by atoms with Crippen LogP contribution < -0.4 is 21.2 Å². The highest BCUT2D eigenvalue weighted by Gasteiger charge is 2.06. The van der Waals surface area contributed by atoms with Crippen molar-refractivity contribution in [3.63, 3.8) is 0 Å². The van der Waals surface area contributed by atoms with E-state index in [4.69, 9.17) is 0 Å². The highest BCUT2D eigenvalue weighted by molar-refractivity contribution is 7.72. The first-order chi connectivity index (χ1) is 27.4. The Morgan fingerprint density at radius 3 is 0.429 bits per heavy atom. The minimum atomic E-state index is -0.171. The van der Waals surface area contributed by atoms with Gasteiger partial charge in [-0.05, 0) is 50.4 Å². The highest BCUT2D eigenvalue weighted by atomic mass is 31.1. The van der Waals surface area contributed by atoms with Gasteiger partial charge in [-0.2, -0.15) is 0 Å². The van der Waals surface area contributed by atoms with Gasteiger partial charge in [0.1, 0.15) is 0 Å². The molecule has 0 radical (unpaired) electrons. The Hall–Kier alpha value is -3.98. The van der Waals surface area contributed by atoms with Gasteiger partial charge in [-0.3, -0.25) is 0 Å². The Kier molecular flexibility index (Phi) is 53.5. The molecule has 0 spiro atoms. The summed E-state index contributed by atoms with van der Waals surface area (Å²) in [5.74, 6) is 0. The molecule has 0 aliphatic heterocycles. The van der Waals surface area contributed by atoms with Crippen LogP contribution in [0.15, 0.2) is 194 Å². The van der Waals surface area contributed by atoms with Crippen molar-refractivity contribution in [1.82, 2.24) is 0 Å². The summed E-state index contributed by atoms with van der Waals surface area (Å²) in [5, 5.41) is 5.75. The molecule has 0 heterocycles. The van der Waals surface area contributed by atoms with Crippen molar-refractivity contribution in [2.75, 3.05) is 70.2 Å². The molecule has 0 fully saturated rings. The normalized spacial score (nSPS) is 8.43. The third-order valence-corrected chi connectivity index (χ3v) is 10.2. The fourth-order valence-electron chi connectivity index (χ4n) is 3.67. The van der Waals surface area contributed by atoms with Gasteiger partial charge in [-0.15, -0.1) is 0 Å². The maximum absolute atomic E-state index is 4.25. The van der Waals surface area contributed by atoms with E-state index in [1.807, 2.05) is 100 Å². The maximum atomic E-state index is 4.25. The quantitative estimate of drug-likeness (QED) is 0.166. The second-order valence-electron chi connectivity index (χ2n) is 10.4. The Morgan fingerprint density at radius 1 is 0.232 bits per heavy atom. The van der Waals surface area contributed by atoms with Crippen LogP contribution in [-0.2, 0) is 18.9 Å². The van der Waals surface area contributed by atoms with Crippen molar-refractivity contribution < 1.29 is 18.9 Å². The molecule has 0 bridgehead atoms. The third kappa shape index (κ3) is 38.3. The smallest absolute Gasteiger partial charge is 0.0351 e. The summed E-state index contributed by atoms with van der Waals surface area (Å²) >= 11 is 0. The average Bonchev–Trinajstić information content (AvgIpc) is 3.29. The van der Waals surface area contributed by atoms with Crippen LogP contribution in [0.3, 0.4) is 0 Å². The van der Waals surface area contributed by atoms with Crippen molar-refractivity contribution in [1.29, 1.82) is 0 Å². The van der Waals surface area contributed by atoms with E-state index in [0.29, 0.717) is 0 Å². The van der Waals surface area contributed by atoms with Crippen molar-refractivity contribution >= 4 is 37.1 Å². The molecule has 0 unspecified atom stereocenters. The molecule has 0 saturated carbocycles. The van der Waals surface area contributed by atoms with Crippen molar-refractivity contribution in [3.8, 4) is 0 Å². The average molecular weight is 801 g/mol. The van der Waals surface area contributed by atoms with Gasteiger partial charge in [0.15, 0.2) is 0 Å². The van der Waals surface area contributed by atoms with E-state index in [9.17, 15) is 0 Å². The number of hydrogen-bond acceptors (Lipinski definition) is 4. The molecule has 0 amide bonds. The third-order valence-electron chi connectivity index (χ3n) is 5.91. The number of rotatable bonds is 4. The van der Waals surface area contributed by atoms with Gasteiger partial charge in [0.2, 0.25) is 0 Å². The summed E-state index contributed by atoms with van der Waals surface area (Å²) < 4.78 is 17.0. The summed E-state index contributed by atoms with van der Waals surface area (Å²) in [4.78, 5) is 0. The first-order valence-corrected chi connectivity index (χ1v) is 22.3. The predicted molar refractivity (Wildman–Crippen MR) is 257 cm³/mol. The molecule has 6 heteroatoms. The monoisotopic (exact) mass is 801 g/mol. The van der Waals surface area contributed by atoms with Crippen molar-refractivity contribution in [2.45, 2.75) is 27.7 Å². The molecular formula is C50H74O4P2. The van der Waals surface area contributed by atoms with E-state index in [0.717, 1.165) is 0 Å². The molecule has 4 nitrogen and oxygen atoms in total. The van der Waals surface area contributed by atoms with Crippen molar-refractivity contribution in [2.24, 2.45) is 0 Å². The Balaban J connectivity index is -0.000000297. The van der Waals surface area contributed by atoms with E-state index < -0.39 is 0 Å². The predicted octanol–water partition coefficient (Wildman–Crippen LogP) is 12.0. The van der Waals surface area contributed by atoms with Gasteiger partial charge < -0.3 is 18.9 Å². The van der Waals surface area contributed by atoms with E-state index in [1.54, 1.807) is 56.9 Å². The fourth-order valence-corrected chi connectivity index (χ4v) is 6.75. The van der Waals surface area contributed by atoms with Crippen LogP contribution in [0.4, 0.5) is 0 Å². The molecule has 6 rings (SSSR count). The molecule has 56 heavy (non-hydrogen) atoms. The standard InChI is InChI=1S/2C13H13P.2C6H6.4C2H6O.2C2H6/c2*1-14(12-8-4-2-5-9-12)13-10-6-3-7-11-13;2*1-2-4-6-5-3-1;4*1-3-2;2*1-2/h2*2-11H,1H3;2*1-6H;4*1-2H3;2*1-2H3. The molecule has 0 N–H and O–H groups in total. The summed E-state index contributed by atoms with van der Waals surface area (Å²) in [6.45, 7) is 12.6. The number of hydrogen-bond donors (Lipinski definition) is 0. The number of ether oxygens (including phenoxy) is 4. The van der Waals surface area contributed by atoms with Gasteiger partial charge in [-0.1, -0.05) is 222 Å². The van der Waals surface area contributed by atoms with Crippen LogP contribution in [0.25, 0.3) is 0 Å². The zero-order chi connectivity index (χ0) is 42.9. The van der Waals surface area contributed by atoms with Gasteiger partial charge >= 0.3 is 0 Å². The molecule has 308 valence electrons. The van der Waals surface area contributed by atoms with E-state index >= 15 is 0 Å². The molecule has 0 aliphatic rings. The lowest BCUT2D eigenvalue weighted by Crippen LogP contribution is -2.09. The topological polar surface area (TPSA) is 36.9 Å². The van der Waals surface area contributed by atoms with Crippen molar-refractivity contribution in [3.05, 3.63) is 194 Å². The van der Waals surface area contributed by atoms with Crippen LogP contribution >= 0.6 is 15.8 Å². The highest BCUT2D eigenvalue weighted by Crippen LogP contribution is 2.28. The van der Waals surface area contributed by atoms with Crippen LogP contribution in [0.5, 0.6) is 0 Å². The minimum absolute atomic E-state index is 0.171. The van der Waals surface area contributed by atoms with Crippen LogP contribution in [0, 0.1) is 0 Å². The first-order valence-electron chi connectivity index (χ1n) is 18.7. The molecule has 0 atom stereocenters. The lowest BCUT2D eigenvalue weighted by Gasteiger charge is -2.12. The Bertz CT molecular complexity index is 1210. The molecular weight excluding hydrogens is 726 g/mol. The second kappa shape index (κ2) is 51.0. The Morgan fingerprint density at radius 2 is 0.321 bits per heavy atom. The maximum Gasteiger partial charge on any atom is 0.0351 e. The van der Waals surface area contributed by atoms with Crippen LogP contribution in [0.1, 0.15) is 27.7 Å². The molecule has 0 saturated heterocycles. The summed E-state index contributed by atoms with van der Waals surface area (Å²) in [6.07, 6.45) is 0. The Labute approximate surface area is 346 Å². The van der Waals surface area contributed by atoms with Gasteiger partial charge in [0, 0.05) is 56.9 Å². The summed E-state index contributed by atoms with van der Waals surface area (Å²) in [6, 6.07) is 66.8. The van der Waals surface area contributed by atoms with Crippen LogP contribution in [-0.4, -0.2) is 70.2 Å². The molecule has 6 aromatic rings. The summed E-state index contributed by atoms with van der Waals surface area (Å²) in [7, 11) is 12.7. The lowest BCUT2D eigenvalue weighted by molar-refractivity contribution is 0.277. The second-order valence-corrected chi connectivity index (χ2v) is 14.7. The molecule has 0 aliphatic carbocycles. The van der Waals surface area contributed by atoms with E-state index in [1.165, 1.54) is 21.2 Å². The largest absolute Gasteiger partial charge is 0.388 e.